The normalized spacial score (nSPS) is 16.7. The molecule has 6 rings (SSSR count). The number of alkyl carbamates (subject to hydrolysis) is 1. The molecule has 2 aliphatic rings. The van der Waals surface area contributed by atoms with E-state index in [2.05, 4.69) is 38.8 Å². The number of oxazole rings is 1. The van der Waals surface area contributed by atoms with Crippen molar-refractivity contribution in [1.82, 2.24) is 30.1 Å². The van der Waals surface area contributed by atoms with Crippen LogP contribution in [0.3, 0.4) is 0 Å². The van der Waals surface area contributed by atoms with Crippen LogP contribution in [0.2, 0.25) is 7.96 Å². The van der Waals surface area contributed by atoms with Crippen LogP contribution in [0.1, 0.15) is 67.5 Å². The molecule has 2 N–H and O–H groups in total. The summed E-state index contributed by atoms with van der Waals surface area (Å²) < 4.78 is 12.2. The fourth-order valence-corrected chi connectivity index (χ4v) is 6.23. The van der Waals surface area contributed by atoms with Crippen LogP contribution in [0.15, 0.2) is 53.1 Å². The second-order valence-electron chi connectivity index (χ2n) is 10.8. The number of aromatic amines is 1. The number of nitrogens with zero attached hydrogens (tertiary/aromatic N) is 4. The molecule has 13 heteroatoms. The van der Waals surface area contributed by atoms with Crippen molar-refractivity contribution < 1.29 is 23.5 Å². The zero-order chi connectivity index (χ0) is 33.8. The van der Waals surface area contributed by atoms with E-state index < -0.39 is 6.09 Å². The number of likely N-dealkylation sites (tertiary alicyclic amines) is 2. The minimum absolute atomic E-state index is 0.0412. The second kappa shape index (κ2) is 18.3. The van der Waals surface area contributed by atoms with Gasteiger partial charge in [-0.3, -0.25) is 4.79 Å². The van der Waals surface area contributed by atoms with Crippen molar-refractivity contribution in [2.75, 3.05) is 27.2 Å². The first-order valence-electron chi connectivity index (χ1n) is 15.5. The number of methoxy groups -OCH3 is 1. The van der Waals surface area contributed by atoms with Crippen LogP contribution in [0.5, 0.6) is 0 Å². The number of hydrogen-bond acceptors (Lipinski definition) is 7. The van der Waals surface area contributed by atoms with Crippen molar-refractivity contribution in [3.63, 3.8) is 0 Å². The van der Waals surface area contributed by atoms with Crippen LogP contribution in [-0.4, -0.2) is 122 Å². The molecule has 6 radical (unpaired) electrons. The minimum Gasteiger partial charge on any atom is -0.438 e. The molecule has 2 unspecified atom stereocenters. The van der Waals surface area contributed by atoms with Gasteiger partial charge in [-0.2, -0.15) is 0 Å². The van der Waals surface area contributed by atoms with Crippen LogP contribution in [0.25, 0.3) is 22.4 Å². The van der Waals surface area contributed by atoms with Gasteiger partial charge >= 0.3 is 182 Å². The summed E-state index contributed by atoms with van der Waals surface area (Å²) in [4.78, 5) is 49.8. The fourth-order valence-electron chi connectivity index (χ4n) is 5.44. The van der Waals surface area contributed by atoms with Gasteiger partial charge in [-0.05, 0) is 37.1 Å². The van der Waals surface area contributed by atoms with E-state index >= 15 is 0 Å². The van der Waals surface area contributed by atoms with E-state index in [9.17, 15) is 14.4 Å². The summed E-state index contributed by atoms with van der Waals surface area (Å²) in [5.41, 5.74) is 4.53. The number of imidazole rings is 1. The number of ether oxygens (including phenoxy) is 1. The van der Waals surface area contributed by atoms with Gasteiger partial charge in [0.2, 0.25) is 12.3 Å². The van der Waals surface area contributed by atoms with Gasteiger partial charge in [0.15, 0.2) is 5.76 Å². The van der Waals surface area contributed by atoms with Crippen LogP contribution >= 0.6 is 0 Å². The van der Waals surface area contributed by atoms with Gasteiger partial charge in [0, 0.05) is 19.2 Å². The van der Waals surface area contributed by atoms with Gasteiger partial charge < -0.3 is 19.4 Å². The summed E-state index contributed by atoms with van der Waals surface area (Å²) >= 11 is 2.25. The number of H-pyrrole nitrogens is 1. The summed E-state index contributed by atoms with van der Waals surface area (Å²) in [7, 11) is 2.82. The molecule has 47 heavy (non-hydrogen) atoms. The van der Waals surface area contributed by atoms with Crippen LogP contribution in [0.4, 0.5) is 4.79 Å². The van der Waals surface area contributed by atoms with Crippen molar-refractivity contribution in [1.29, 1.82) is 0 Å². The van der Waals surface area contributed by atoms with E-state index in [-0.39, 0.29) is 18.0 Å². The van der Waals surface area contributed by atoms with Crippen molar-refractivity contribution in [3.8, 4) is 23.2 Å². The third-order valence-corrected chi connectivity index (χ3v) is 8.86. The number of hydrogen-bond donors (Lipinski definition) is 2. The Morgan fingerprint density at radius 3 is 2.43 bits per heavy atom. The molecule has 4 aromatic rings. The molecular weight excluding hydrogens is 987 g/mol. The molecule has 0 saturated carbocycles. The molecule has 2 fully saturated rings. The molecule has 0 aliphatic carbocycles. The van der Waals surface area contributed by atoms with E-state index in [4.69, 9.17) is 9.40 Å². The van der Waals surface area contributed by atoms with Gasteiger partial charge in [-0.15, -0.1) is 0 Å². The Morgan fingerprint density at radius 1 is 1.09 bits per heavy atom. The standard InChI is InChI=1S/C29H26N5O3.C3H7NO2.C2H5.2Pb/c1-19(36)34-15-3-4-25(34)28-31-23-13-10-21(16-24(23)32-28)7-6-20-8-11-22(12-9-20)27-17-30-29(37-27)26-5-2-14-33(26)18-35;1-4-3(5)6-2;1-2;;/h8-13,16-18,25-26H,1-5,14-15H2,(H,31,32);1-2H3,(H,4,5);1H2,2H3;;. The molecule has 242 valence electrons. The summed E-state index contributed by atoms with van der Waals surface area (Å²) in [6.07, 6.45) is 5.98. The number of carbonyl (C=O) groups excluding carboxylic acids is 3. The predicted octanol–water partition coefficient (Wildman–Crippen LogP) is 4.73. The maximum Gasteiger partial charge on any atom is -0.0458 e. The molecule has 0 spiro atoms. The topological polar surface area (TPSA) is 134 Å². The number of fused-ring (bicyclic) bond motifs is 1. The summed E-state index contributed by atoms with van der Waals surface area (Å²) in [6.45, 7) is 3.75. The molecule has 0 bridgehead atoms. The number of amides is 3. The smallest absolute Gasteiger partial charge is 0.0458 e. The molecule has 2 atom stereocenters. The number of nitrogens with one attached hydrogen (secondary N) is 2. The number of benzene rings is 2. The Bertz CT molecular complexity index is 1710. The van der Waals surface area contributed by atoms with E-state index in [0.29, 0.717) is 15.6 Å². The van der Waals surface area contributed by atoms with Crippen molar-refractivity contribution in [2.24, 2.45) is 0 Å². The van der Waals surface area contributed by atoms with Gasteiger partial charge in [0.25, 0.3) is 0 Å². The predicted molar refractivity (Wildman–Crippen MR) is 181 cm³/mol. The molecule has 11 nitrogen and oxygen atoms in total. The Morgan fingerprint density at radius 2 is 1.77 bits per heavy atom. The van der Waals surface area contributed by atoms with Crippen LogP contribution < -0.4 is 5.32 Å². The van der Waals surface area contributed by atoms with Crippen LogP contribution in [0, 0.1) is 11.8 Å². The minimum atomic E-state index is -0.407. The fraction of sp³-hybridized carbons (Fsp3) is 0.382. The van der Waals surface area contributed by atoms with Gasteiger partial charge in [-0.25, -0.2) is 9.78 Å². The first-order chi connectivity index (χ1) is 22.8. The molecule has 2 aromatic heterocycles. The van der Waals surface area contributed by atoms with Gasteiger partial charge in [0.1, 0.15) is 6.04 Å². The molecule has 2 aromatic carbocycles. The van der Waals surface area contributed by atoms with E-state index in [0.717, 1.165) is 104 Å². The van der Waals surface area contributed by atoms with E-state index in [1.165, 1.54) is 43.9 Å². The van der Waals surface area contributed by atoms with Crippen LogP contribution in [-0.2, 0) is 14.3 Å². The number of carbonyl (C=O) groups is 3. The number of rotatable bonds is 5. The largest absolute Gasteiger partial charge is 0.438 e. The monoisotopic (exact) mass is 1030 g/mol. The average molecular weight is 1030 g/mol. The molecule has 3 amide bonds. The van der Waals surface area contributed by atoms with E-state index in [1.54, 1.807) is 11.1 Å². The summed E-state index contributed by atoms with van der Waals surface area (Å²) in [5, 5.41) is 2.25. The average Bonchev–Trinajstić information content (AvgIpc) is 3.93. The molecule has 2 aliphatic heterocycles. The quantitative estimate of drug-likeness (QED) is 0.168. The third kappa shape index (κ3) is 9.65. The first-order valence-corrected chi connectivity index (χ1v) is 21.0. The zero-order valence-corrected chi connectivity index (χ0v) is 34.6. The van der Waals surface area contributed by atoms with Crippen molar-refractivity contribution >= 4 is 81.0 Å². The van der Waals surface area contributed by atoms with Gasteiger partial charge in [-0.1, -0.05) is 0 Å². The summed E-state index contributed by atoms with van der Waals surface area (Å²) in [6, 6.07) is 13.8. The van der Waals surface area contributed by atoms with Crippen molar-refractivity contribution in [3.05, 3.63) is 71.5 Å². The zero-order valence-electron chi connectivity index (χ0n) is 26.8. The molecule has 2 saturated heterocycles. The Kier molecular flexibility index (Phi) is 14.3. The van der Waals surface area contributed by atoms with E-state index in [1.807, 2.05) is 47.4 Å². The second-order valence-corrected chi connectivity index (χ2v) is 14.9. The Hall–Kier alpha value is -3.27. The van der Waals surface area contributed by atoms with Gasteiger partial charge in [0.05, 0.1) is 13.3 Å². The third-order valence-electron chi connectivity index (χ3n) is 7.69. The Balaban J connectivity index is 0.000000495. The SMILES string of the molecule is CNC(=O)OC.C[CH2][Pb].O=CN1CCCC1c1ncc(-c2ccc(C#Cc3ccc4nc(C5CCCN5C(=O)[CH2][Pb])[nH]c4c3)cc2)o1. The molecular formula is C34H38N6O5Pb2. The van der Waals surface area contributed by atoms with Crippen molar-refractivity contribution in [2.45, 2.75) is 52.7 Å². The maximum absolute atomic E-state index is 12.3. The Labute approximate surface area is 307 Å². The summed E-state index contributed by atoms with van der Waals surface area (Å²) in [5.74, 6) is 8.85. The first kappa shape index (κ1) is 36.6. The maximum atomic E-state index is 12.3. The number of aromatic nitrogens is 3. The molecule has 4 heterocycles.